The van der Waals surface area contributed by atoms with Crippen LogP contribution in [0.25, 0.3) is 0 Å². The van der Waals surface area contributed by atoms with Crippen LogP contribution in [-0.4, -0.2) is 57.2 Å². The molecule has 7 nitrogen and oxygen atoms in total. The standard InChI is InChI=1S/C15H20N6O/c1-11-9-14(17-10-16-11)20(2)12-4-7-21(8-5-12)15(22)13-3-6-18-19-13/h3,6,9-10,12H,4-5,7-8H2,1-2H3,(H,18,19). The summed E-state index contributed by atoms with van der Waals surface area (Å²) in [5.41, 5.74) is 1.52. The molecule has 2 aromatic heterocycles. The summed E-state index contributed by atoms with van der Waals surface area (Å²) in [6, 6.07) is 4.09. The van der Waals surface area contributed by atoms with E-state index >= 15 is 0 Å². The minimum Gasteiger partial charge on any atom is -0.356 e. The first kappa shape index (κ1) is 14.5. The number of hydrogen-bond acceptors (Lipinski definition) is 5. The van der Waals surface area contributed by atoms with Gasteiger partial charge in [0, 0.05) is 44.1 Å². The van der Waals surface area contributed by atoms with E-state index in [2.05, 4.69) is 32.1 Å². The Hall–Kier alpha value is -2.44. The molecule has 0 radical (unpaired) electrons. The van der Waals surface area contributed by atoms with Gasteiger partial charge in [0.1, 0.15) is 17.8 Å². The second kappa shape index (κ2) is 6.13. The average Bonchev–Trinajstić information content (AvgIpc) is 3.08. The fraction of sp³-hybridized carbons (Fsp3) is 0.467. The van der Waals surface area contributed by atoms with Gasteiger partial charge in [-0.1, -0.05) is 0 Å². The van der Waals surface area contributed by atoms with E-state index in [0.717, 1.165) is 37.4 Å². The summed E-state index contributed by atoms with van der Waals surface area (Å²) >= 11 is 0. The highest BCUT2D eigenvalue weighted by Crippen LogP contribution is 2.21. The van der Waals surface area contributed by atoms with Crippen LogP contribution in [0.1, 0.15) is 29.0 Å². The van der Waals surface area contributed by atoms with E-state index in [1.54, 1.807) is 18.6 Å². The number of carbonyl (C=O) groups excluding carboxylic acids is 1. The lowest BCUT2D eigenvalue weighted by Gasteiger charge is -2.37. The summed E-state index contributed by atoms with van der Waals surface area (Å²) in [6.45, 7) is 3.46. The zero-order valence-electron chi connectivity index (χ0n) is 12.9. The number of amides is 1. The summed E-state index contributed by atoms with van der Waals surface area (Å²) in [7, 11) is 2.05. The van der Waals surface area contributed by atoms with E-state index < -0.39 is 0 Å². The minimum atomic E-state index is 0.0245. The molecule has 1 fully saturated rings. The highest BCUT2D eigenvalue weighted by Gasteiger charge is 2.27. The van der Waals surface area contributed by atoms with Crippen molar-refractivity contribution in [2.75, 3.05) is 25.0 Å². The number of likely N-dealkylation sites (tertiary alicyclic amines) is 1. The molecule has 1 N–H and O–H groups in total. The predicted octanol–water partition coefficient (Wildman–Crippen LogP) is 1.25. The van der Waals surface area contributed by atoms with Crippen molar-refractivity contribution in [3.05, 3.63) is 36.0 Å². The maximum absolute atomic E-state index is 12.3. The lowest BCUT2D eigenvalue weighted by atomic mass is 10.0. The number of aromatic nitrogens is 4. The van der Waals surface area contributed by atoms with E-state index in [1.807, 2.05) is 17.9 Å². The second-order valence-electron chi connectivity index (χ2n) is 5.62. The summed E-state index contributed by atoms with van der Waals surface area (Å²) in [4.78, 5) is 24.8. The van der Waals surface area contributed by atoms with Crippen molar-refractivity contribution in [3.63, 3.8) is 0 Å². The van der Waals surface area contributed by atoms with E-state index in [9.17, 15) is 4.79 Å². The van der Waals surface area contributed by atoms with Crippen LogP contribution in [0.2, 0.25) is 0 Å². The number of piperidine rings is 1. The number of H-pyrrole nitrogens is 1. The zero-order chi connectivity index (χ0) is 15.5. The lowest BCUT2D eigenvalue weighted by Crippen LogP contribution is -2.46. The number of aromatic amines is 1. The molecule has 0 bridgehead atoms. The molecule has 1 saturated heterocycles. The largest absolute Gasteiger partial charge is 0.356 e. The Labute approximate surface area is 129 Å². The van der Waals surface area contributed by atoms with Crippen LogP contribution >= 0.6 is 0 Å². The van der Waals surface area contributed by atoms with Crippen LogP contribution in [0.3, 0.4) is 0 Å². The first-order valence-electron chi connectivity index (χ1n) is 7.45. The molecule has 0 aliphatic carbocycles. The van der Waals surface area contributed by atoms with Gasteiger partial charge in [-0.15, -0.1) is 0 Å². The average molecular weight is 300 g/mol. The number of hydrogen-bond donors (Lipinski definition) is 1. The SMILES string of the molecule is Cc1cc(N(C)C2CCN(C(=O)c3ccn[nH]3)CC2)ncn1. The predicted molar refractivity (Wildman–Crippen MR) is 82.7 cm³/mol. The summed E-state index contributed by atoms with van der Waals surface area (Å²) in [5, 5.41) is 6.57. The van der Waals surface area contributed by atoms with Gasteiger partial charge in [0.25, 0.3) is 5.91 Å². The third-order valence-electron chi connectivity index (χ3n) is 4.18. The van der Waals surface area contributed by atoms with E-state index in [1.165, 1.54) is 0 Å². The van der Waals surface area contributed by atoms with Crippen molar-refractivity contribution < 1.29 is 4.79 Å². The van der Waals surface area contributed by atoms with Gasteiger partial charge in [0.15, 0.2) is 0 Å². The van der Waals surface area contributed by atoms with Crippen molar-refractivity contribution in [3.8, 4) is 0 Å². The summed E-state index contributed by atoms with van der Waals surface area (Å²) in [6.07, 6.45) is 5.06. The van der Waals surface area contributed by atoms with Gasteiger partial charge in [-0.25, -0.2) is 9.97 Å². The van der Waals surface area contributed by atoms with Crippen molar-refractivity contribution in [2.24, 2.45) is 0 Å². The molecule has 22 heavy (non-hydrogen) atoms. The monoisotopic (exact) mass is 300 g/mol. The molecule has 0 saturated carbocycles. The number of anilines is 1. The third kappa shape index (κ3) is 2.93. The van der Waals surface area contributed by atoms with Crippen molar-refractivity contribution in [1.82, 2.24) is 25.1 Å². The van der Waals surface area contributed by atoms with Gasteiger partial charge in [-0.3, -0.25) is 9.89 Å². The summed E-state index contributed by atoms with van der Waals surface area (Å²) in [5.74, 6) is 0.960. The topological polar surface area (TPSA) is 78.0 Å². The molecule has 3 rings (SSSR count). The number of nitrogens with zero attached hydrogens (tertiary/aromatic N) is 5. The fourth-order valence-corrected chi connectivity index (χ4v) is 2.82. The smallest absolute Gasteiger partial charge is 0.271 e. The Morgan fingerprint density at radius 1 is 1.36 bits per heavy atom. The maximum atomic E-state index is 12.3. The Morgan fingerprint density at radius 3 is 2.77 bits per heavy atom. The molecular formula is C15H20N6O. The van der Waals surface area contributed by atoms with E-state index in [4.69, 9.17) is 0 Å². The minimum absolute atomic E-state index is 0.0245. The van der Waals surface area contributed by atoms with Gasteiger partial charge in [-0.2, -0.15) is 5.10 Å². The number of carbonyl (C=O) groups is 1. The zero-order valence-corrected chi connectivity index (χ0v) is 12.9. The lowest BCUT2D eigenvalue weighted by molar-refractivity contribution is 0.0707. The van der Waals surface area contributed by atoms with Gasteiger partial charge in [0.05, 0.1) is 0 Å². The molecule has 0 atom stereocenters. The summed E-state index contributed by atoms with van der Waals surface area (Å²) < 4.78 is 0. The van der Waals surface area contributed by atoms with Crippen molar-refractivity contribution in [1.29, 1.82) is 0 Å². The van der Waals surface area contributed by atoms with Crippen LogP contribution in [0, 0.1) is 6.92 Å². The third-order valence-corrected chi connectivity index (χ3v) is 4.18. The number of nitrogens with one attached hydrogen (secondary N) is 1. The van der Waals surface area contributed by atoms with E-state index in [0.29, 0.717) is 11.7 Å². The van der Waals surface area contributed by atoms with Gasteiger partial charge in [0.2, 0.25) is 0 Å². The number of aryl methyl sites for hydroxylation is 1. The highest BCUT2D eigenvalue weighted by molar-refractivity contribution is 5.92. The Morgan fingerprint density at radius 2 is 2.14 bits per heavy atom. The van der Waals surface area contributed by atoms with Gasteiger partial charge >= 0.3 is 0 Å². The second-order valence-corrected chi connectivity index (χ2v) is 5.62. The highest BCUT2D eigenvalue weighted by atomic mass is 16.2. The van der Waals surface area contributed by atoms with Crippen molar-refractivity contribution in [2.45, 2.75) is 25.8 Å². The van der Waals surface area contributed by atoms with Crippen molar-refractivity contribution >= 4 is 11.7 Å². The molecule has 1 amide bonds. The number of rotatable bonds is 3. The molecular weight excluding hydrogens is 280 g/mol. The fourth-order valence-electron chi connectivity index (χ4n) is 2.82. The van der Waals surface area contributed by atoms with Gasteiger partial charge in [-0.05, 0) is 25.8 Å². The first-order valence-corrected chi connectivity index (χ1v) is 7.45. The molecule has 116 valence electrons. The van der Waals surface area contributed by atoms with Crippen LogP contribution in [-0.2, 0) is 0 Å². The molecule has 3 heterocycles. The normalized spacial score (nSPS) is 15.8. The molecule has 2 aromatic rings. The Kier molecular flexibility index (Phi) is 4.04. The maximum Gasteiger partial charge on any atom is 0.271 e. The van der Waals surface area contributed by atoms with E-state index in [-0.39, 0.29) is 5.91 Å². The molecule has 0 unspecified atom stereocenters. The van der Waals surface area contributed by atoms with Gasteiger partial charge < -0.3 is 9.80 Å². The Balaban J connectivity index is 1.61. The molecule has 1 aliphatic heterocycles. The Bertz CT molecular complexity index is 633. The van der Waals surface area contributed by atoms with Crippen LogP contribution in [0.4, 0.5) is 5.82 Å². The first-order chi connectivity index (χ1) is 10.6. The van der Waals surface area contributed by atoms with Crippen LogP contribution < -0.4 is 4.90 Å². The quantitative estimate of drug-likeness (QED) is 0.923. The van der Waals surface area contributed by atoms with Crippen LogP contribution in [0.5, 0.6) is 0 Å². The molecule has 7 heteroatoms. The molecule has 1 aliphatic rings. The van der Waals surface area contributed by atoms with Crippen LogP contribution in [0.15, 0.2) is 24.7 Å². The molecule has 0 spiro atoms. The molecule has 0 aromatic carbocycles.